The number of benzene rings is 3. The number of hydrogen-bond donors (Lipinski definition) is 2. The van der Waals surface area contributed by atoms with Crippen molar-refractivity contribution in [1.82, 2.24) is 20.2 Å². The van der Waals surface area contributed by atoms with Crippen LogP contribution in [0.1, 0.15) is 5.56 Å². The summed E-state index contributed by atoms with van der Waals surface area (Å²) in [5.74, 6) is 0.656. The molecule has 4 aromatic rings. The predicted octanol–water partition coefficient (Wildman–Crippen LogP) is 4.54. The minimum Gasteiger partial charge on any atom is -0.508 e. The van der Waals surface area contributed by atoms with Crippen molar-refractivity contribution < 1.29 is 9.90 Å². The molecule has 0 atom stereocenters. The highest BCUT2D eigenvalue weighted by Gasteiger charge is 2.17. The molecule has 0 unspecified atom stereocenters. The second kappa shape index (κ2) is 10.1. The van der Waals surface area contributed by atoms with Crippen molar-refractivity contribution in [2.75, 3.05) is 5.75 Å². The zero-order valence-electron chi connectivity index (χ0n) is 16.7. The molecule has 7 nitrogen and oxygen atoms in total. The number of carbonyl (C=O) groups is 1. The van der Waals surface area contributed by atoms with Crippen molar-refractivity contribution in [2.24, 2.45) is 5.10 Å². The minimum atomic E-state index is -0.277. The van der Waals surface area contributed by atoms with Gasteiger partial charge < -0.3 is 5.11 Å². The Morgan fingerprint density at radius 1 is 1.03 bits per heavy atom. The van der Waals surface area contributed by atoms with Gasteiger partial charge in [-0.25, -0.2) is 5.43 Å². The Kier molecular flexibility index (Phi) is 6.84. The maximum Gasteiger partial charge on any atom is 0.250 e. The van der Waals surface area contributed by atoms with Crippen LogP contribution in [-0.2, 0) is 4.79 Å². The SMILES string of the molecule is O=C(CSc1nnc(-c2ccc(Cl)cc2)n1-c1ccccc1)N/N=C/c1ccc(O)cc1. The monoisotopic (exact) mass is 463 g/mol. The number of amides is 1. The van der Waals surface area contributed by atoms with Gasteiger partial charge in [0, 0.05) is 16.3 Å². The van der Waals surface area contributed by atoms with E-state index < -0.39 is 0 Å². The molecule has 1 amide bonds. The van der Waals surface area contributed by atoms with Crippen LogP contribution in [0.25, 0.3) is 17.1 Å². The lowest BCUT2D eigenvalue weighted by Crippen LogP contribution is -2.20. The number of phenols is 1. The Balaban J connectivity index is 1.49. The summed E-state index contributed by atoms with van der Waals surface area (Å²) < 4.78 is 1.90. The van der Waals surface area contributed by atoms with Crippen molar-refractivity contribution >= 4 is 35.5 Å². The normalized spacial score (nSPS) is 11.0. The highest BCUT2D eigenvalue weighted by molar-refractivity contribution is 7.99. The first-order valence-electron chi connectivity index (χ1n) is 9.60. The van der Waals surface area contributed by atoms with Crippen molar-refractivity contribution in [1.29, 1.82) is 0 Å². The van der Waals surface area contributed by atoms with E-state index in [1.165, 1.54) is 18.0 Å². The molecule has 0 spiro atoms. The summed E-state index contributed by atoms with van der Waals surface area (Å²) in [6.45, 7) is 0. The Morgan fingerprint density at radius 3 is 2.47 bits per heavy atom. The number of nitrogens with zero attached hydrogens (tertiary/aromatic N) is 4. The van der Waals surface area contributed by atoms with E-state index in [-0.39, 0.29) is 17.4 Å². The average Bonchev–Trinajstić information content (AvgIpc) is 3.24. The summed E-state index contributed by atoms with van der Waals surface area (Å²) in [4.78, 5) is 12.3. The summed E-state index contributed by atoms with van der Waals surface area (Å²) in [6, 6.07) is 23.5. The number of nitrogens with one attached hydrogen (secondary N) is 1. The molecular weight excluding hydrogens is 446 g/mol. The van der Waals surface area contributed by atoms with E-state index in [1.54, 1.807) is 36.4 Å². The number of rotatable bonds is 7. The zero-order valence-corrected chi connectivity index (χ0v) is 18.3. The number of hydrazone groups is 1. The summed E-state index contributed by atoms with van der Waals surface area (Å²) in [5.41, 5.74) is 5.00. The van der Waals surface area contributed by atoms with E-state index in [4.69, 9.17) is 11.6 Å². The Morgan fingerprint density at radius 2 is 1.75 bits per heavy atom. The van der Waals surface area contributed by atoms with E-state index in [2.05, 4.69) is 20.7 Å². The molecule has 0 saturated carbocycles. The quantitative estimate of drug-likeness (QED) is 0.238. The molecule has 4 rings (SSSR count). The van der Waals surface area contributed by atoms with Crippen LogP contribution < -0.4 is 5.43 Å². The van der Waals surface area contributed by atoms with Gasteiger partial charge in [0.1, 0.15) is 5.75 Å². The number of thioether (sulfide) groups is 1. The maximum atomic E-state index is 12.3. The average molecular weight is 464 g/mol. The van der Waals surface area contributed by atoms with E-state index in [1.807, 2.05) is 47.0 Å². The number of aromatic nitrogens is 3. The fraction of sp³-hybridized carbons (Fsp3) is 0.0435. The second-order valence-corrected chi connectivity index (χ2v) is 8.04. The molecule has 0 saturated heterocycles. The van der Waals surface area contributed by atoms with Crippen molar-refractivity contribution in [3.8, 4) is 22.8 Å². The third-order valence-corrected chi connectivity index (χ3v) is 5.56. The van der Waals surface area contributed by atoms with Crippen LogP contribution in [-0.4, -0.2) is 37.7 Å². The molecule has 0 aliphatic carbocycles. The molecule has 0 bridgehead atoms. The fourth-order valence-electron chi connectivity index (χ4n) is 2.86. The standard InChI is InChI=1S/C23H18ClN5O2S/c24-18-10-8-17(9-11-18)22-27-28-23(29(22)19-4-2-1-3-5-19)32-15-21(31)26-25-14-16-6-12-20(30)13-7-16/h1-14,30H,15H2,(H,26,31)/b25-14+. The molecule has 2 N–H and O–H groups in total. The van der Waals surface area contributed by atoms with Crippen LogP contribution in [0.5, 0.6) is 5.75 Å². The van der Waals surface area contributed by atoms with Crippen molar-refractivity contribution in [3.63, 3.8) is 0 Å². The van der Waals surface area contributed by atoms with Gasteiger partial charge in [0.15, 0.2) is 11.0 Å². The summed E-state index contributed by atoms with van der Waals surface area (Å²) in [5, 5.41) is 23.1. The Labute approximate surface area is 193 Å². The van der Waals surface area contributed by atoms with E-state index in [0.29, 0.717) is 16.0 Å². The summed E-state index contributed by atoms with van der Waals surface area (Å²) >= 11 is 7.28. The summed E-state index contributed by atoms with van der Waals surface area (Å²) in [6.07, 6.45) is 1.51. The number of phenolic OH excluding ortho intramolecular Hbond substituents is 1. The maximum absolute atomic E-state index is 12.3. The molecule has 1 aromatic heterocycles. The van der Waals surface area contributed by atoms with E-state index in [0.717, 1.165) is 16.8 Å². The molecule has 0 radical (unpaired) electrons. The smallest absolute Gasteiger partial charge is 0.250 e. The molecule has 3 aromatic carbocycles. The predicted molar refractivity (Wildman–Crippen MR) is 126 cm³/mol. The van der Waals surface area contributed by atoms with Crippen LogP contribution in [0.2, 0.25) is 5.02 Å². The molecule has 0 fully saturated rings. The van der Waals surface area contributed by atoms with Gasteiger partial charge in [-0.05, 0) is 66.2 Å². The van der Waals surface area contributed by atoms with Gasteiger partial charge in [-0.1, -0.05) is 41.6 Å². The Hall–Kier alpha value is -3.62. The van der Waals surface area contributed by atoms with Gasteiger partial charge in [0.2, 0.25) is 0 Å². The third kappa shape index (κ3) is 5.35. The number of hydrogen-bond acceptors (Lipinski definition) is 6. The number of halogens is 1. The van der Waals surface area contributed by atoms with Gasteiger partial charge in [-0.3, -0.25) is 9.36 Å². The van der Waals surface area contributed by atoms with E-state index >= 15 is 0 Å². The van der Waals surface area contributed by atoms with Crippen LogP contribution in [0.15, 0.2) is 89.1 Å². The number of aromatic hydroxyl groups is 1. The molecule has 9 heteroatoms. The van der Waals surface area contributed by atoms with Gasteiger partial charge in [-0.15, -0.1) is 10.2 Å². The molecular formula is C23H18ClN5O2S. The molecule has 32 heavy (non-hydrogen) atoms. The van der Waals surface area contributed by atoms with Crippen molar-refractivity contribution in [3.05, 3.63) is 89.4 Å². The van der Waals surface area contributed by atoms with Gasteiger partial charge in [0.05, 0.1) is 12.0 Å². The van der Waals surface area contributed by atoms with E-state index in [9.17, 15) is 9.90 Å². The van der Waals surface area contributed by atoms with Crippen LogP contribution >= 0.6 is 23.4 Å². The van der Waals surface area contributed by atoms with Crippen LogP contribution in [0.4, 0.5) is 0 Å². The van der Waals surface area contributed by atoms with Gasteiger partial charge >= 0.3 is 0 Å². The third-order valence-electron chi connectivity index (χ3n) is 4.38. The van der Waals surface area contributed by atoms with Crippen molar-refractivity contribution in [2.45, 2.75) is 5.16 Å². The molecule has 1 heterocycles. The lowest BCUT2D eigenvalue weighted by molar-refractivity contribution is -0.118. The molecule has 160 valence electrons. The largest absolute Gasteiger partial charge is 0.508 e. The lowest BCUT2D eigenvalue weighted by Gasteiger charge is -2.10. The molecule has 0 aliphatic rings. The van der Waals surface area contributed by atoms with Crippen LogP contribution in [0.3, 0.4) is 0 Å². The Bertz CT molecular complexity index is 1230. The zero-order chi connectivity index (χ0) is 22.3. The fourth-order valence-corrected chi connectivity index (χ4v) is 3.73. The lowest BCUT2D eigenvalue weighted by atomic mass is 10.2. The highest BCUT2D eigenvalue weighted by atomic mass is 35.5. The first kappa shape index (κ1) is 21.6. The second-order valence-electron chi connectivity index (χ2n) is 6.66. The topological polar surface area (TPSA) is 92.4 Å². The minimum absolute atomic E-state index is 0.110. The first-order valence-corrected chi connectivity index (χ1v) is 11.0. The number of para-hydroxylation sites is 1. The first-order chi connectivity index (χ1) is 15.6. The summed E-state index contributed by atoms with van der Waals surface area (Å²) in [7, 11) is 0. The highest BCUT2D eigenvalue weighted by Crippen LogP contribution is 2.28. The van der Waals surface area contributed by atoms with Gasteiger partial charge in [0.25, 0.3) is 5.91 Å². The molecule has 0 aliphatic heterocycles. The van der Waals surface area contributed by atoms with Crippen LogP contribution in [0, 0.1) is 0 Å². The van der Waals surface area contributed by atoms with Gasteiger partial charge in [-0.2, -0.15) is 5.10 Å². The number of carbonyl (C=O) groups excluding carboxylic acids is 1.